The molecule has 0 fully saturated rings. The van der Waals surface area contributed by atoms with E-state index in [4.69, 9.17) is 13.6 Å². The molecule has 4 heteroatoms. The maximum atomic E-state index is 7.43. The first-order chi connectivity index (χ1) is 28.2. The summed E-state index contributed by atoms with van der Waals surface area (Å²) in [5.41, 5.74) is 19.4. The van der Waals surface area contributed by atoms with Crippen molar-refractivity contribution in [2.24, 2.45) is 0 Å². The maximum absolute atomic E-state index is 7.43. The highest BCUT2D eigenvalue weighted by molar-refractivity contribution is 7.42. The van der Waals surface area contributed by atoms with Gasteiger partial charge in [0.05, 0.1) is 6.61 Å². The summed E-state index contributed by atoms with van der Waals surface area (Å²) in [5.74, 6) is 1.67. The van der Waals surface area contributed by atoms with Crippen LogP contribution in [0.3, 0.4) is 0 Å². The van der Waals surface area contributed by atoms with Gasteiger partial charge in [-0.15, -0.1) is 0 Å². The molecule has 8 rings (SSSR count). The van der Waals surface area contributed by atoms with Gasteiger partial charge in [-0.25, -0.2) is 0 Å². The fourth-order valence-corrected chi connectivity index (χ4v) is 10.0. The largest absolute Gasteiger partial charge is 0.463 e. The van der Waals surface area contributed by atoms with Gasteiger partial charge in [0.1, 0.15) is 11.5 Å². The third-order valence-electron chi connectivity index (χ3n) is 12.4. The monoisotopic (exact) mass is 814 g/mol. The fourth-order valence-electron chi connectivity index (χ4n) is 8.98. The van der Waals surface area contributed by atoms with Gasteiger partial charge in [0, 0.05) is 22.3 Å². The Morgan fingerprint density at radius 3 is 1.12 bits per heavy atom. The molecular formula is C56H63O3P. The lowest BCUT2D eigenvalue weighted by atomic mass is 9.77. The van der Waals surface area contributed by atoms with Gasteiger partial charge >= 0.3 is 8.60 Å². The van der Waals surface area contributed by atoms with Gasteiger partial charge in [-0.05, 0) is 120 Å². The Balaban J connectivity index is 1.34. The highest BCUT2D eigenvalue weighted by atomic mass is 31.2. The van der Waals surface area contributed by atoms with E-state index in [1.165, 1.54) is 66.8 Å². The molecule has 0 saturated carbocycles. The third-order valence-corrected chi connectivity index (χ3v) is 13.5. The van der Waals surface area contributed by atoms with E-state index in [2.05, 4.69) is 192 Å². The molecule has 0 radical (unpaired) electrons. The normalized spacial score (nSPS) is 13.6. The van der Waals surface area contributed by atoms with Crippen molar-refractivity contribution in [2.45, 2.75) is 125 Å². The smallest absolute Gasteiger partial charge is 0.417 e. The number of hydrogen-bond donors (Lipinski definition) is 0. The number of fused-ring (bicyclic) bond motifs is 6. The lowest BCUT2D eigenvalue weighted by Crippen LogP contribution is -2.20. The Hall–Kier alpha value is -4.69. The van der Waals surface area contributed by atoms with Crippen molar-refractivity contribution in [3.63, 3.8) is 0 Å². The fraction of sp³-hybridized carbons (Fsp3) is 0.357. The predicted molar refractivity (Wildman–Crippen MR) is 255 cm³/mol. The van der Waals surface area contributed by atoms with Crippen LogP contribution in [-0.4, -0.2) is 6.61 Å². The first kappa shape index (κ1) is 42.0. The molecule has 0 atom stereocenters. The predicted octanol–water partition coefficient (Wildman–Crippen LogP) is 16.1. The van der Waals surface area contributed by atoms with E-state index in [-0.39, 0.29) is 21.7 Å². The second kappa shape index (κ2) is 15.3. The minimum atomic E-state index is -1.93. The summed E-state index contributed by atoms with van der Waals surface area (Å²) in [4.78, 5) is 0. The maximum Gasteiger partial charge on any atom is 0.463 e. The summed E-state index contributed by atoms with van der Waals surface area (Å²) in [6.07, 6.45) is 1.76. The Bertz CT molecular complexity index is 2420. The van der Waals surface area contributed by atoms with Crippen LogP contribution in [0.25, 0.3) is 44.5 Å². The minimum Gasteiger partial charge on any atom is -0.417 e. The van der Waals surface area contributed by atoms with Crippen LogP contribution in [-0.2, 0) is 39.0 Å². The van der Waals surface area contributed by atoms with Gasteiger partial charge in [0.15, 0.2) is 0 Å². The second-order valence-electron chi connectivity index (χ2n) is 21.0. The molecule has 6 aromatic rings. The number of benzene rings is 6. The van der Waals surface area contributed by atoms with Crippen LogP contribution in [0.1, 0.15) is 135 Å². The first-order valence-corrected chi connectivity index (χ1v) is 22.9. The molecule has 0 amide bonds. The third kappa shape index (κ3) is 7.85. The van der Waals surface area contributed by atoms with Crippen molar-refractivity contribution < 1.29 is 13.6 Å². The Morgan fingerprint density at radius 1 is 0.417 bits per heavy atom. The van der Waals surface area contributed by atoms with E-state index in [0.29, 0.717) is 6.61 Å². The van der Waals surface area contributed by atoms with E-state index in [0.717, 1.165) is 46.6 Å². The van der Waals surface area contributed by atoms with Crippen LogP contribution < -0.4 is 9.05 Å². The minimum absolute atomic E-state index is 0.0870. The molecule has 0 aromatic heterocycles. The molecule has 0 saturated heterocycles. The molecule has 6 aromatic carbocycles. The zero-order valence-electron chi connectivity index (χ0n) is 38.2. The van der Waals surface area contributed by atoms with E-state index >= 15 is 0 Å². The molecule has 2 aliphatic rings. The van der Waals surface area contributed by atoms with Crippen LogP contribution in [0, 0.1) is 0 Å². The van der Waals surface area contributed by atoms with E-state index < -0.39 is 8.60 Å². The van der Waals surface area contributed by atoms with E-state index in [1.54, 1.807) is 0 Å². The van der Waals surface area contributed by atoms with Crippen LogP contribution >= 0.6 is 8.60 Å². The summed E-state index contributed by atoms with van der Waals surface area (Å²) in [7, 11) is -1.93. The van der Waals surface area contributed by atoms with Crippen LogP contribution in [0.4, 0.5) is 0 Å². The molecule has 2 aliphatic carbocycles. The highest BCUT2D eigenvalue weighted by Crippen LogP contribution is 2.56. The van der Waals surface area contributed by atoms with Gasteiger partial charge in [-0.3, -0.25) is 4.52 Å². The van der Waals surface area contributed by atoms with E-state index in [9.17, 15) is 0 Å². The van der Waals surface area contributed by atoms with Gasteiger partial charge in [0.25, 0.3) is 0 Å². The summed E-state index contributed by atoms with van der Waals surface area (Å²) >= 11 is 0. The Morgan fingerprint density at radius 2 is 0.767 bits per heavy atom. The van der Waals surface area contributed by atoms with Gasteiger partial charge < -0.3 is 9.05 Å². The molecule has 0 unspecified atom stereocenters. The van der Waals surface area contributed by atoms with E-state index in [1.807, 2.05) is 6.92 Å². The average Bonchev–Trinajstić information content (AvgIpc) is 3.75. The first-order valence-electron chi connectivity index (χ1n) is 21.8. The van der Waals surface area contributed by atoms with Crippen molar-refractivity contribution >= 4 is 8.60 Å². The molecular weight excluding hydrogens is 752 g/mol. The quantitative estimate of drug-likeness (QED) is 0.143. The Labute approximate surface area is 361 Å². The molecule has 0 N–H and O–H groups in total. The molecule has 0 heterocycles. The zero-order valence-corrected chi connectivity index (χ0v) is 39.1. The van der Waals surface area contributed by atoms with Crippen LogP contribution in [0.2, 0.25) is 0 Å². The molecule has 0 aliphatic heterocycles. The molecule has 0 bridgehead atoms. The molecule has 60 heavy (non-hydrogen) atoms. The van der Waals surface area contributed by atoms with Crippen molar-refractivity contribution in [1.29, 1.82) is 0 Å². The SMILES string of the molecule is CCOP(Oc1c(-c2cccc3c2Cc2ccccc2-3)cc(C(C)(C)C)cc1C(C)(C)C)Oc1c(-c2cccc3c2Cc2ccccc2-3)cc(C(C)(C)C)cc1C(C)(C)C. The highest BCUT2D eigenvalue weighted by Gasteiger charge is 2.35. The van der Waals surface area contributed by atoms with Gasteiger partial charge in [0.2, 0.25) is 0 Å². The van der Waals surface area contributed by atoms with Gasteiger partial charge in [-0.2, -0.15) is 0 Å². The van der Waals surface area contributed by atoms with Crippen molar-refractivity contribution in [3.05, 3.63) is 154 Å². The average molecular weight is 815 g/mol. The summed E-state index contributed by atoms with van der Waals surface area (Å²) in [6.45, 7) is 30.0. The zero-order chi connectivity index (χ0) is 42.9. The summed E-state index contributed by atoms with van der Waals surface area (Å²) in [6, 6.07) is 40.6. The lowest BCUT2D eigenvalue weighted by Gasteiger charge is -2.32. The molecule has 3 nitrogen and oxygen atoms in total. The van der Waals surface area contributed by atoms with Crippen molar-refractivity contribution in [1.82, 2.24) is 0 Å². The Kier molecular flexibility index (Phi) is 10.7. The lowest BCUT2D eigenvalue weighted by molar-refractivity contribution is 0.277. The van der Waals surface area contributed by atoms with Crippen LogP contribution in [0.5, 0.6) is 11.5 Å². The number of hydrogen-bond acceptors (Lipinski definition) is 3. The second-order valence-corrected chi connectivity index (χ2v) is 22.0. The summed E-state index contributed by atoms with van der Waals surface area (Å²) < 4.78 is 21.5. The molecule has 310 valence electrons. The molecule has 0 spiro atoms. The van der Waals surface area contributed by atoms with Crippen molar-refractivity contribution in [2.75, 3.05) is 6.61 Å². The van der Waals surface area contributed by atoms with Crippen molar-refractivity contribution in [3.8, 4) is 56.0 Å². The topological polar surface area (TPSA) is 27.7 Å². The van der Waals surface area contributed by atoms with Crippen LogP contribution in [0.15, 0.2) is 109 Å². The van der Waals surface area contributed by atoms with Gasteiger partial charge in [-0.1, -0.05) is 180 Å². The number of rotatable bonds is 8. The standard InChI is InChI=1S/C56H63O3P/c1-14-57-60(58-51-47(31-37(53(2,3)4)33-49(51)55(8,9)10)43-27-19-25-41-39-23-17-15-21-35(39)29-45(41)43)59-52-48(32-38(54(5,6)7)34-50(52)56(11,12)13)44-28-20-26-42-40-24-18-16-22-36(40)30-46(42)44/h15-28,31-34H,14,29-30H2,1-13H3. The summed E-state index contributed by atoms with van der Waals surface area (Å²) in [5, 5.41) is 0.